The number of unbranched alkanes of at least 4 members (excludes halogenated alkanes) is 2. The molecular weight excluding hydrogens is 282 g/mol. The predicted octanol–water partition coefficient (Wildman–Crippen LogP) is 3.35. The summed E-state index contributed by atoms with van der Waals surface area (Å²) in [6.45, 7) is 13.3. The van der Waals surface area contributed by atoms with Crippen molar-refractivity contribution in [3.05, 3.63) is 12.2 Å². The maximum absolute atomic E-state index is 11.3. The van der Waals surface area contributed by atoms with Crippen LogP contribution in [0.3, 0.4) is 0 Å². The molecule has 0 heterocycles. The fourth-order valence-corrected chi connectivity index (χ4v) is 1.62. The van der Waals surface area contributed by atoms with E-state index in [1.54, 1.807) is 6.92 Å². The van der Waals surface area contributed by atoms with Crippen LogP contribution in [0.1, 0.15) is 52.9 Å². The monoisotopic (exact) mass is 315 g/mol. The van der Waals surface area contributed by atoms with Crippen LogP contribution in [0.15, 0.2) is 12.2 Å². The maximum atomic E-state index is 11.3. The molecule has 0 fully saturated rings. The van der Waals surface area contributed by atoms with Crippen molar-refractivity contribution in [1.82, 2.24) is 4.90 Å². The summed E-state index contributed by atoms with van der Waals surface area (Å²) in [5, 5.41) is 0. The van der Waals surface area contributed by atoms with Gasteiger partial charge in [-0.15, -0.1) is 0 Å². The Morgan fingerprint density at radius 1 is 0.955 bits per heavy atom. The van der Waals surface area contributed by atoms with Crippen molar-refractivity contribution in [2.45, 2.75) is 52.9 Å². The molecule has 0 radical (unpaired) electrons. The molecule has 0 aliphatic heterocycles. The molecule has 0 aromatic heterocycles. The molecule has 130 valence electrons. The number of hydrogen-bond acceptors (Lipinski definition) is 5. The molecule has 0 N–H and O–H groups in total. The third-order valence-electron chi connectivity index (χ3n) is 3.03. The van der Waals surface area contributed by atoms with Gasteiger partial charge in [-0.25, -0.2) is 4.79 Å². The summed E-state index contributed by atoms with van der Waals surface area (Å²) in [6.07, 6.45) is 5.16. The van der Waals surface area contributed by atoms with Crippen LogP contribution >= 0.6 is 0 Å². The van der Waals surface area contributed by atoms with Gasteiger partial charge in [0.25, 0.3) is 0 Å². The van der Waals surface area contributed by atoms with E-state index in [1.165, 1.54) is 0 Å². The standard InChI is InChI=1S/C17H33NO4/c1-5-7-11-20-14-18(15-21-12-8-6-2)10-9-13-22-17(19)16(3)4/h3,5-15H2,1-2,4H3. The Morgan fingerprint density at radius 2 is 1.50 bits per heavy atom. The Hall–Kier alpha value is -0.910. The van der Waals surface area contributed by atoms with E-state index in [-0.39, 0.29) is 5.97 Å². The van der Waals surface area contributed by atoms with E-state index in [0.717, 1.165) is 51.9 Å². The number of nitrogens with zero attached hydrogens (tertiary/aromatic N) is 1. The van der Waals surface area contributed by atoms with Gasteiger partial charge in [0.15, 0.2) is 0 Å². The van der Waals surface area contributed by atoms with Gasteiger partial charge in [0.05, 0.1) is 6.61 Å². The highest BCUT2D eigenvalue weighted by Crippen LogP contribution is 1.99. The van der Waals surface area contributed by atoms with Gasteiger partial charge in [0.2, 0.25) is 0 Å². The van der Waals surface area contributed by atoms with Gasteiger partial charge in [-0.1, -0.05) is 33.3 Å². The van der Waals surface area contributed by atoms with E-state index < -0.39 is 0 Å². The minimum Gasteiger partial charge on any atom is -0.462 e. The van der Waals surface area contributed by atoms with Crippen LogP contribution in [0.25, 0.3) is 0 Å². The molecule has 5 heteroatoms. The maximum Gasteiger partial charge on any atom is 0.333 e. The van der Waals surface area contributed by atoms with Crippen LogP contribution in [-0.2, 0) is 19.0 Å². The molecule has 0 atom stereocenters. The van der Waals surface area contributed by atoms with Crippen molar-refractivity contribution >= 4 is 5.97 Å². The summed E-state index contributed by atoms with van der Waals surface area (Å²) < 4.78 is 16.4. The Balaban J connectivity index is 3.88. The fourth-order valence-electron chi connectivity index (χ4n) is 1.62. The average Bonchev–Trinajstić information content (AvgIpc) is 2.50. The minimum atomic E-state index is -0.329. The Bertz CT molecular complexity index is 282. The van der Waals surface area contributed by atoms with E-state index >= 15 is 0 Å². The predicted molar refractivity (Wildman–Crippen MR) is 88.6 cm³/mol. The lowest BCUT2D eigenvalue weighted by atomic mass is 10.3. The van der Waals surface area contributed by atoms with Crippen LogP contribution in [0, 0.1) is 0 Å². The quantitative estimate of drug-likeness (QED) is 0.201. The second-order valence-corrected chi connectivity index (χ2v) is 5.45. The zero-order chi connectivity index (χ0) is 16.6. The first-order chi connectivity index (χ1) is 10.6. The molecular formula is C17H33NO4. The topological polar surface area (TPSA) is 48.0 Å². The van der Waals surface area contributed by atoms with E-state index in [1.807, 2.05) is 0 Å². The molecule has 0 rings (SSSR count). The summed E-state index contributed by atoms with van der Waals surface area (Å²) >= 11 is 0. The number of carbonyl (C=O) groups is 1. The molecule has 5 nitrogen and oxygen atoms in total. The van der Waals surface area contributed by atoms with E-state index in [4.69, 9.17) is 14.2 Å². The number of rotatable bonds is 15. The molecule has 0 saturated heterocycles. The third kappa shape index (κ3) is 12.8. The van der Waals surface area contributed by atoms with Crippen molar-refractivity contribution in [3.63, 3.8) is 0 Å². The highest BCUT2D eigenvalue weighted by molar-refractivity contribution is 5.86. The van der Waals surface area contributed by atoms with Crippen LogP contribution in [0.2, 0.25) is 0 Å². The molecule has 0 aromatic rings. The van der Waals surface area contributed by atoms with Gasteiger partial charge in [0, 0.05) is 25.3 Å². The smallest absolute Gasteiger partial charge is 0.333 e. The third-order valence-corrected chi connectivity index (χ3v) is 3.03. The highest BCUT2D eigenvalue weighted by atomic mass is 16.5. The Kier molecular flexibility index (Phi) is 14.4. The van der Waals surface area contributed by atoms with Crippen LogP contribution in [0.5, 0.6) is 0 Å². The van der Waals surface area contributed by atoms with Crippen LogP contribution in [-0.4, -0.2) is 50.7 Å². The van der Waals surface area contributed by atoms with Crippen molar-refractivity contribution in [1.29, 1.82) is 0 Å². The Morgan fingerprint density at radius 3 is 1.95 bits per heavy atom. The minimum absolute atomic E-state index is 0.329. The summed E-state index contributed by atoms with van der Waals surface area (Å²) in [5.41, 5.74) is 0.433. The normalized spacial score (nSPS) is 10.9. The van der Waals surface area contributed by atoms with Crippen LogP contribution < -0.4 is 0 Å². The van der Waals surface area contributed by atoms with Crippen molar-refractivity contribution in [2.24, 2.45) is 0 Å². The molecule has 0 amide bonds. The summed E-state index contributed by atoms with van der Waals surface area (Å²) in [6, 6.07) is 0. The lowest BCUT2D eigenvalue weighted by Crippen LogP contribution is -2.31. The molecule has 0 bridgehead atoms. The lowest BCUT2D eigenvalue weighted by molar-refractivity contribution is -0.139. The number of hydrogen-bond donors (Lipinski definition) is 0. The summed E-state index contributed by atoms with van der Waals surface area (Å²) in [5.74, 6) is -0.329. The van der Waals surface area contributed by atoms with Crippen molar-refractivity contribution in [2.75, 3.05) is 39.8 Å². The lowest BCUT2D eigenvalue weighted by Gasteiger charge is -2.22. The van der Waals surface area contributed by atoms with Gasteiger partial charge in [0.1, 0.15) is 13.5 Å². The van der Waals surface area contributed by atoms with Gasteiger partial charge < -0.3 is 14.2 Å². The molecule has 0 spiro atoms. The number of ether oxygens (including phenoxy) is 3. The van der Waals surface area contributed by atoms with E-state index in [2.05, 4.69) is 25.3 Å². The highest BCUT2D eigenvalue weighted by Gasteiger charge is 2.07. The largest absolute Gasteiger partial charge is 0.462 e. The van der Waals surface area contributed by atoms with Gasteiger partial charge in [-0.05, 0) is 26.2 Å². The number of carbonyl (C=O) groups excluding carboxylic acids is 1. The fraction of sp³-hybridized carbons (Fsp3) is 0.824. The number of esters is 1. The van der Waals surface area contributed by atoms with Gasteiger partial charge in [-0.2, -0.15) is 0 Å². The Labute approximate surface area is 135 Å². The zero-order valence-electron chi connectivity index (χ0n) is 14.6. The SMILES string of the molecule is C=C(C)C(=O)OCCCN(COCCCC)COCCCC. The zero-order valence-corrected chi connectivity index (χ0v) is 14.6. The molecule has 0 saturated carbocycles. The van der Waals surface area contributed by atoms with Crippen molar-refractivity contribution in [3.8, 4) is 0 Å². The molecule has 0 aliphatic carbocycles. The first-order valence-corrected chi connectivity index (χ1v) is 8.32. The van der Waals surface area contributed by atoms with Gasteiger partial charge >= 0.3 is 5.97 Å². The summed E-state index contributed by atoms with van der Waals surface area (Å²) in [7, 11) is 0. The van der Waals surface area contributed by atoms with E-state index in [9.17, 15) is 4.79 Å². The molecule has 0 aliphatic rings. The van der Waals surface area contributed by atoms with Gasteiger partial charge in [-0.3, -0.25) is 4.90 Å². The second-order valence-electron chi connectivity index (χ2n) is 5.45. The summed E-state index contributed by atoms with van der Waals surface area (Å²) in [4.78, 5) is 13.4. The first kappa shape index (κ1) is 21.1. The molecule has 0 unspecified atom stereocenters. The van der Waals surface area contributed by atoms with Crippen LogP contribution in [0.4, 0.5) is 0 Å². The molecule has 0 aromatic carbocycles. The van der Waals surface area contributed by atoms with Crippen molar-refractivity contribution < 1.29 is 19.0 Å². The average molecular weight is 315 g/mol. The first-order valence-electron chi connectivity index (χ1n) is 8.32. The second kappa shape index (κ2) is 15.0. The molecule has 22 heavy (non-hydrogen) atoms. The van der Waals surface area contributed by atoms with E-state index in [0.29, 0.717) is 25.6 Å².